The summed E-state index contributed by atoms with van der Waals surface area (Å²) in [6, 6.07) is 7.03. The number of alkyl halides is 2. The first-order valence-corrected chi connectivity index (χ1v) is 9.73. The number of rotatable bonds is 8. The second-order valence-electron chi connectivity index (χ2n) is 6.53. The normalized spacial score (nSPS) is 15.6. The molecule has 8 heteroatoms. The molecule has 1 aromatic rings. The fraction of sp³-hybridized carbons (Fsp3) is 0.600. The molecule has 1 N–H and O–H groups in total. The predicted octanol–water partition coefficient (Wildman–Crippen LogP) is 3.07. The average molecular weight is 397 g/mol. The summed E-state index contributed by atoms with van der Waals surface area (Å²) >= 11 is 0. The standard InChI is InChI=1S/C20H29F2N3O3/c1-3-23-20(25-10-8-16(9-11-25)19(26)27-4-2)24-13-15-6-5-7-17(12-15)28-14-18(21)22/h5-7,12,16,18H,3-4,8-11,13-14H2,1-2H3,(H,23,24). The van der Waals surface area contributed by atoms with Crippen LogP contribution in [0.25, 0.3) is 0 Å². The number of ether oxygens (including phenoxy) is 2. The van der Waals surface area contributed by atoms with Gasteiger partial charge in [-0.15, -0.1) is 0 Å². The number of benzene rings is 1. The van der Waals surface area contributed by atoms with Gasteiger partial charge in [-0.1, -0.05) is 12.1 Å². The summed E-state index contributed by atoms with van der Waals surface area (Å²) < 4.78 is 34.8. The van der Waals surface area contributed by atoms with E-state index in [2.05, 4.69) is 15.2 Å². The Morgan fingerprint density at radius 2 is 2.07 bits per heavy atom. The minimum Gasteiger partial charge on any atom is -0.488 e. The molecule has 0 bridgehead atoms. The Morgan fingerprint density at radius 3 is 2.71 bits per heavy atom. The van der Waals surface area contributed by atoms with Crippen molar-refractivity contribution in [3.63, 3.8) is 0 Å². The van der Waals surface area contributed by atoms with E-state index in [1.807, 2.05) is 19.9 Å². The first kappa shape index (κ1) is 21.9. The maximum absolute atomic E-state index is 12.3. The van der Waals surface area contributed by atoms with Gasteiger partial charge in [0.2, 0.25) is 0 Å². The number of carbonyl (C=O) groups excluding carboxylic acids is 1. The summed E-state index contributed by atoms with van der Waals surface area (Å²) in [6.07, 6.45) is -1.03. The molecule has 0 aliphatic carbocycles. The number of likely N-dealkylation sites (tertiary alicyclic amines) is 1. The van der Waals surface area contributed by atoms with Crippen molar-refractivity contribution in [1.29, 1.82) is 0 Å². The van der Waals surface area contributed by atoms with Crippen LogP contribution in [0.15, 0.2) is 29.3 Å². The van der Waals surface area contributed by atoms with Gasteiger partial charge < -0.3 is 19.7 Å². The Hall–Kier alpha value is -2.38. The average Bonchev–Trinajstić information content (AvgIpc) is 2.70. The van der Waals surface area contributed by atoms with Crippen LogP contribution in [0.4, 0.5) is 8.78 Å². The van der Waals surface area contributed by atoms with Crippen LogP contribution in [0, 0.1) is 5.92 Å². The van der Waals surface area contributed by atoms with Gasteiger partial charge in [0.15, 0.2) is 5.96 Å². The minimum absolute atomic E-state index is 0.0530. The highest BCUT2D eigenvalue weighted by molar-refractivity contribution is 5.80. The second-order valence-corrected chi connectivity index (χ2v) is 6.53. The minimum atomic E-state index is -2.50. The van der Waals surface area contributed by atoms with Crippen LogP contribution in [0.2, 0.25) is 0 Å². The molecule has 1 fully saturated rings. The molecular weight excluding hydrogens is 368 g/mol. The molecule has 1 saturated heterocycles. The van der Waals surface area contributed by atoms with Crippen molar-refractivity contribution in [2.45, 2.75) is 39.7 Å². The first-order chi connectivity index (χ1) is 13.5. The maximum Gasteiger partial charge on any atom is 0.309 e. The largest absolute Gasteiger partial charge is 0.488 e. The smallest absolute Gasteiger partial charge is 0.309 e. The van der Waals surface area contributed by atoms with Crippen molar-refractivity contribution >= 4 is 11.9 Å². The molecule has 1 aliphatic heterocycles. The number of esters is 1. The van der Waals surface area contributed by atoms with E-state index < -0.39 is 13.0 Å². The fourth-order valence-corrected chi connectivity index (χ4v) is 3.07. The van der Waals surface area contributed by atoms with E-state index in [0.29, 0.717) is 18.9 Å². The fourth-order valence-electron chi connectivity index (χ4n) is 3.07. The highest BCUT2D eigenvalue weighted by Crippen LogP contribution is 2.19. The lowest BCUT2D eigenvalue weighted by molar-refractivity contribution is -0.149. The number of piperidine rings is 1. The van der Waals surface area contributed by atoms with Crippen LogP contribution in [-0.2, 0) is 16.1 Å². The number of hydrogen-bond donors (Lipinski definition) is 1. The number of carbonyl (C=O) groups is 1. The number of hydrogen-bond acceptors (Lipinski definition) is 4. The lowest BCUT2D eigenvalue weighted by atomic mass is 9.97. The lowest BCUT2D eigenvalue weighted by Gasteiger charge is -2.33. The monoisotopic (exact) mass is 397 g/mol. The molecule has 0 spiro atoms. The molecular formula is C20H29F2N3O3. The van der Waals surface area contributed by atoms with E-state index in [1.54, 1.807) is 18.2 Å². The van der Waals surface area contributed by atoms with Gasteiger partial charge in [-0.05, 0) is 44.4 Å². The number of aliphatic imine (C=N–C) groups is 1. The van der Waals surface area contributed by atoms with E-state index in [4.69, 9.17) is 9.47 Å². The van der Waals surface area contributed by atoms with Gasteiger partial charge in [0.05, 0.1) is 19.1 Å². The predicted molar refractivity (Wildman–Crippen MR) is 104 cm³/mol. The van der Waals surface area contributed by atoms with Crippen molar-refractivity contribution in [2.75, 3.05) is 32.8 Å². The molecule has 0 aromatic heterocycles. The van der Waals surface area contributed by atoms with Crippen molar-refractivity contribution in [3.05, 3.63) is 29.8 Å². The highest BCUT2D eigenvalue weighted by Gasteiger charge is 2.27. The number of guanidine groups is 1. The Labute approximate surface area is 164 Å². The molecule has 0 unspecified atom stereocenters. The van der Waals surface area contributed by atoms with Crippen molar-refractivity contribution in [1.82, 2.24) is 10.2 Å². The first-order valence-electron chi connectivity index (χ1n) is 9.73. The highest BCUT2D eigenvalue weighted by atomic mass is 19.3. The number of nitrogens with one attached hydrogen (secondary N) is 1. The van der Waals surface area contributed by atoms with E-state index in [0.717, 1.165) is 44.0 Å². The summed E-state index contributed by atoms with van der Waals surface area (Å²) in [5.74, 6) is 1.02. The zero-order valence-corrected chi connectivity index (χ0v) is 16.5. The zero-order chi connectivity index (χ0) is 20.4. The van der Waals surface area contributed by atoms with Gasteiger partial charge in [0, 0.05) is 19.6 Å². The van der Waals surface area contributed by atoms with E-state index >= 15 is 0 Å². The van der Waals surface area contributed by atoms with E-state index in [1.165, 1.54) is 0 Å². The summed E-state index contributed by atoms with van der Waals surface area (Å²) in [6.45, 7) is 6.20. The molecule has 6 nitrogen and oxygen atoms in total. The van der Waals surface area contributed by atoms with Crippen LogP contribution < -0.4 is 10.1 Å². The van der Waals surface area contributed by atoms with Gasteiger partial charge in [-0.2, -0.15) is 0 Å². The summed E-state index contributed by atoms with van der Waals surface area (Å²) in [7, 11) is 0. The Morgan fingerprint density at radius 1 is 1.32 bits per heavy atom. The van der Waals surface area contributed by atoms with Crippen molar-refractivity contribution in [2.24, 2.45) is 10.9 Å². The third-order valence-corrected chi connectivity index (χ3v) is 4.44. The van der Waals surface area contributed by atoms with Crippen LogP contribution in [0.1, 0.15) is 32.3 Å². The maximum atomic E-state index is 12.3. The summed E-state index contributed by atoms with van der Waals surface area (Å²) in [5.41, 5.74) is 0.878. The van der Waals surface area contributed by atoms with Crippen LogP contribution in [-0.4, -0.2) is 56.1 Å². The van der Waals surface area contributed by atoms with Gasteiger partial charge in [-0.3, -0.25) is 4.79 Å². The topological polar surface area (TPSA) is 63.2 Å². The van der Waals surface area contributed by atoms with Crippen LogP contribution in [0.5, 0.6) is 5.75 Å². The molecule has 1 aromatic carbocycles. The molecule has 0 radical (unpaired) electrons. The summed E-state index contributed by atoms with van der Waals surface area (Å²) in [5, 5.41) is 3.28. The van der Waals surface area contributed by atoms with Crippen molar-refractivity contribution in [3.8, 4) is 5.75 Å². The van der Waals surface area contributed by atoms with E-state index in [9.17, 15) is 13.6 Å². The second kappa shape index (κ2) is 11.5. The molecule has 2 rings (SSSR count). The summed E-state index contributed by atoms with van der Waals surface area (Å²) in [4.78, 5) is 18.7. The molecule has 28 heavy (non-hydrogen) atoms. The third-order valence-electron chi connectivity index (χ3n) is 4.44. The molecule has 0 saturated carbocycles. The number of nitrogens with zero attached hydrogens (tertiary/aromatic N) is 2. The molecule has 156 valence electrons. The molecule has 1 heterocycles. The number of halogens is 2. The lowest BCUT2D eigenvalue weighted by Crippen LogP contribution is -2.46. The van der Waals surface area contributed by atoms with Crippen molar-refractivity contribution < 1.29 is 23.0 Å². The van der Waals surface area contributed by atoms with E-state index in [-0.39, 0.29) is 11.9 Å². The van der Waals surface area contributed by atoms with Gasteiger partial charge in [0.25, 0.3) is 6.43 Å². The molecule has 0 atom stereocenters. The quantitative estimate of drug-likeness (QED) is 0.415. The zero-order valence-electron chi connectivity index (χ0n) is 16.5. The van der Waals surface area contributed by atoms with Crippen LogP contribution in [0.3, 0.4) is 0 Å². The van der Waals surface area contributed by atoms with Gasteiger partial charge >= 0.3 is 5.97 Å². The Bertz CT molecular complexity index is 647. The third kappa shape index (κ3) is 6.98. The van der Waals surface area contributed by atoms with Gasteiger partial charge in [0.1, 0.15) is 12.4 Å². The Balaban J connectivity index is 1.95. The SMILES string of the molecule is CCNC(=NCc1cccc(OCC(F)F)c1)N1CCC(C(=O)OCC)CC1. The Kier molecular flexibility index (Phi) is 8.97. The molecule has 1 aliphatic rings. The molecule has 0 amide bonds. The van der Waals surface area contributed by atoms with Crippen LogP contribution >= 0.6 is 0 Å². The van der Waals surface area contributed by atoms with Gasteiger partial charge in [-0.25, -0.2) is 13.8 Å².